The summed E-state index contributed by atoms with van der Waals surface area (Å²) in [5, 5.41) is 0.676. The lowest BCUT2D eigenvalue weighted by molar-refractivity contribution is -0.149. The van der Waals surface area contributed by atoms with E-state index in [1.165, 1.54) is 5.56 Å². The van der Waals surface area contributed by atoms with Crippen LogP contribution in [0, 0.1) is 5.92 Å². The monoisotopic (exact) mass is 424 g/mol. The fourth-order valence-corrected chi connectivity index (χ4v) is 4.71. The number of piperidine rings is 1. The highest BCUT2D eigenvalue weighted by molar-refractivity contribution is 7.20. The van der Waals surface area contributed by atoms with Crippen molar-refractivity contribution in [2.24, 2.45) is 5.92 Å². The number of carbonyl (C=O) groups is 1. The van der Waals surface area contributed by atoms with Crippen molar-refractivity contribution < 1.29 is 14.3 Å². The van der Waals surface area contributed by atoms with Gasteiger partial charge in [0.2, 0.25) is 0 Å². The molecule has 6 heteroatoms. The normalized spacial score (nSPS) is 15.4. The van der Waals surface area contributed by atoms with E-state index in [4.69, 9.17) is 9.47 Å². The number of thiazole rings is 1. The summed E-state index contributed by atoms with van der Waals surface area (Å²) in [6.45, 7) is 5.38. The van der Waals surface area contributed by atoms with Crippen LogP contribution in [0.1, 0.15) is 31.7 Å². The molecule has 0 N–H and O–H groups in total. The Morgan fingerprint density at radius 2 is 1.90 bits per heavy atom. The molecule has 30 heavy (non-hydrogen) atoms. The highest BCUT2D eigenvalue weighted by atomic mass is 32.1. The number of para-hydroxylation sites is 1. The van der Waals surface area contributed by atoms with Crippen molar-refractivity contribution in [1.82, 2.24) is 9.88 Å². The van der Waals surface area contributed by atoms with Crippen molar-refractivity contribution >= 4 is 27.5 Å². The standard InChI is InChI=1S/C24H28N2O3S/c1-2-28-23(27)19-13-16-26(17-14-19)15-5-6-18-9-11-20(12-10-18)29-24-25-21-7-3-4-8-22(21)30-24/h3-4,7-12,19H,2,5-6,13-17H2,1H3. The number of likely N-dealkylation sites (tertiary alicyclic amines) is 1. The molecule has 3 aromatic rings. The Morgan fingerprint density at radius 3 is 2.63 bits per heavy atom. The maximum absolute atomic E-state index is 11.8. The Kier molecular flexibility index (Phi) is 6.97. The maximum Gasteiger partial charge on any atom is 0.309 e. The van der Waals surface area contributed by atoms with Crippen LogP contribution in [0.15, 0.2) is 48.5 Å². The lowest BCUT2D eigenvalue weighted by Gasteiger charge is -2.30. The zero-order chi connectivity index (χ0) is 20.8. The first-order valence-electron chi connectivity index (χ1n) is 10.7. The first-order chi connectivity index (χ1) is 14.7. The molecule has 0 saturated carbocycles. The summed E-state index contributed by atoms with van der Waals surface area (Å²) < 4.78 is 12.2. The predicted octanol–water partition coefficient (Wildman–Crippen LogP) is 5.30. The number of hydrogen-bond donors (Lipinski definition) is 0. The van der Waals surface area contributed by atoms with Crippen molar-refractivity contribution in [3.8, 4) is 10.9 Å². The van der Waals surface area contributed by atoms with Crippen molar-refractivity contribution in [1.29, 1.82) is 0 Å². The molecule has 1 aliphatic heterocycles. The van der Waals surface area contributed by atoms with Crippen LogP contribution in [-0.4, -0.2) is 42.1 Å². The Bertz CT molecular complexity index is 929. The number of esters is 1. The molecule has 158 valence electrons. The van der Waals surface area contributed by atoms with Crippen LogP contribution in [0.5, 0.6) is 10.9 Å². The second-order valence-corrected chi connectivity index (χ2v) is 8.66. The summed E-state index contributed by atoms with van der Waals surface area (Å²) in [5.74, 6) is 0.883. The van der Waals surface area contributed by atoms with E-state index < -0.39 is 0 Å². The molecule has 2 aromatic carbocycles. The van der Waals surface area contributed by atoms with Crippen LogP contribution in [0.2, 0.25) is 0 Å². The maximum atomic E-state index is 11.8. The molecule has 1 saturated heterocycles. The average molecular weight is 425 g/mol. The summed E-state index contributed by atoms with van der Waals surface area (Å²) in [5.41, 5.74) is 2.29. The van der Waals surface area contributed by atoms with E-state index in [2.05, 4.69) is 28.1 Å². The topological polar surface area (TPSA) is 51.7 Å². The van der Waals surface area contributed by atoms with Gasteiger partial charge in [-0.05, 0) is 82.1 Å². The number of benzene rings is 2. The van der Waals surface area contributed by atoms with Gasteiger partial charge in [0.15, 0.2) is 0 Å². The molecule has 0 amide bonds. The fraction of sp³-hybridized carbons (Fsp3) is 0.417. The van der Waals surface area contributed by atoms with Gasteiger partial charge in [0.25, 0.3) is 5.19 Å². The van der Waals surface area contributed by atoms with Gasteiger partial charge in [-0.3, -0.25) is 4.79 Å². The zero-order valence-electron chi connectivity index (χ0n) is 17.4. The van der Waals surface area contributed by atoms with Gasteiger partial charge in [-0.25, -0.2) is 4.98 Å². The molecule has 0 aliphatic carbocycles. The van der Waals surface area contributed by atoms with Gasteiger partial charge in [0.05, 0.1) is 22.7 Å². The number of nitrogens with zero attached hydrogens (tertiary/aromatic N) is 2. The van der Waals surface area contributed by atoms with Gasteiger partial charge in [0.1, 0.15) is 5.75 Å². The van der Waals surface area contributed by atoms with Crippen molar-refractivity contribution in [2.75, 3.05) is 26.2 Å². The third kappa shape index (κ3) is 5.37. The molecule has 1 aromatic heterocycles. The van der Waals surface area contributed by atoms with Crippen molar-refractivity contribution in [3.63, 3.8) is 0 Å². The van der Waals surface area contributed by atoms with Gasteiger partial charge in [-0.15, -0.1) is 0 Å². The van der Waals surface area contributed by atoms with E-state index in [1.807, 2.05) is 37.3 Å². The van der Waals surface area contributed by atoms with E-state index in [0.29, 0.717) is 11.8 Å². The Morgan fingerprint density at radius 1 is 1.13 bits per heavy atom. The lowest BCUT2D eigenvalue weighted by Crippen LogP contribution is -2.37. The number of aromatic nitrogens is 1. The van der Waals surface area contributed by atoms with E-state index >= 15 is 0 Å². The minimum absolute atomic E-state index is 0.0229. The molecule has 0 unspecified atom stereocenters. The lowest BCUT2D eigenvalue weighted by atomic mass is 9.96. The van der Waals surface area contributed by atoms with Crippen LogP contribution >= 0.6 is 11.3 Å². The first kappa shape index (κ1) is 20.8. The van der Waals surface area contributed by atoms with E-state index in [9.17, 15) is 4.79 Å². The number of carbonyl (C=O) groups excluding carboxylic acids is 1. The Labute approximate surface area is 181 Å². The molecular formula is C24H28N2O3S. The molecule has 1 aliphatic rings. The quantitative estimate of drug-likeness (QED) is 0.460. The van der Waals surface area contributed by atoms with E-state index in [0.717, 1.165) is 61.3 Å². The smallest absolute Gasteiger partial charge is 0.309 e. The number of aryl methyl sites for hydroxylation is 1. The molecule has 0 radical (unpaired) electrons. The average Bonchev–Trinajstić information content (AvgIpc) is 3.18. The van der Waals surface area contributed by atoms with E-state index in [-0.39, 0.29) is 11.9 Å². The number of hydrogen-bond acceptors (Lipinski definition) is 6. The number of fused-ring (bicyclic) bond motifs is 1. The summed E-state index contributed by atoms with van der Waals surface area (Å²) >= 11 is 1.56. The molecule has 4 rings (SSSR count). The van der Waals surface area contributed by atoms with Crippen LogP contribution in [0.3, 0.4) is 0 Å². The predicted molar refractivity (Wildman–Crippen MR) is 120 cm³/mol. The van der Waals surface area contributed by atoms with Crippen molar-refractivity contribution in [3.05, 3.63) is 54.1 Å². The van der Waals surface area contributed by atoms with E-state index in [1.54, 1.807) is 11.3 Å². The van der Waals surface area contributed by atoms with Crippen molar-refractivity contribution in [2.45, 2.75) is 32.6 Å². The largest absolute Gasteiger partial charge is 0.466 e. The van der Waals surface area contributed by atoms with Gasteiger partial charge in [-0.1, -0.05) is 35.6 Å². The zero-order valence-corrected chi connectivity index (χ0v) is 18.2. The Hall–Kier alpha value is -2.44. The molecule has 0 spiro atoms. The molecule has 2 heterocycles. The molecule has 5 nitrogen and oxygen atoms in total. The van der Waals surface area contributed by atoms with Gasteiger partial charge >= 0.3 is 5.97 Å². The Balaban J connectivity index is 1.20. The van der Waals surface area contributed by atoms with Crippen LogP contribution in [0.25, 0.3) is 10.2 Å². The number of rotatable bonds is 8. The summed E-state index contributed by atoms with van der Waals surface area (Å²) in [6, 6.07) is 16.4. The molecule has 0 atom stereocenters. The second kappa shape index (κ2) is 10.0. The minimum Gasteiger partial charge on any atom is -0.466 e. The molecule has 1 fully saturated rings. The second-order valence-electron chi connectivity index (χ2n) is 7.67. The number of ether oxygens (including phenoxy) is 2. The third-order valence-corrected chi connectivity index (χ3v) is 6.46. The summed E-state index contributed by atoms with van der Waals surface area (Å²) in [6.07, 6.45) is 3.98. The van der Waals surface area contributed by atoms with Crippen LogP contribution < -0.4 is 4.74 Å². The van der Waals surface area contributed by atoms with Crippen LogP contribution in [-0.2, 0) is 16.0 Å². The SMILES string of the molecule is CCOC(=O)C1CCN(CCCc2ccc(Oc3nc4ccccc4s3)cc2)CC1. The fourth-order valence-electron chi connectivity index (χ4n) is 3.88. The van der Waals surface area contributed by atoms with Crippen LogP contribution in [0.4, 0.5) is 0 Å². The molecular weight excluding hydrogens is 396 g/mol. The van der Waals surface area contributed by atoms with Gasteiger partial charge in [-0.2, -0.15) is 0 Å². The third-order valence-electron chi connectivity index (χ3n) is 5.55. The summed E-state index contributed by atoms with van der Waals surface area (Å²) in [7, 11) is 0. The highest BCUT2D eigenvalue weighted by Crippen LogP contribution is 2.31. The summed E-state index contributed by atoms with van der Waals surface area (Å²) in [4.78, 5) is 18.8. The highest BCUT2D eigenvalue weighted by Gasteiger charge is 2.25. The van der Waals surface area contributed by atoms with Gasteiger partial charge in [0, 0.05) is 0 Å². The first-order valence-corrected chi connectivity index (χ1v) is 11.5. The molecule has 0 bridgehead atoms. The minimum atomic E-state index is -0.0229. The van der Waals surface area contributed by atoms with Gasteiger partial charge < -0.3 is 14.4 Å².